The molecule has 5 nitrogen and oxygen atoms in total. The van der Waals surface area contributed by atoms with E-state index in [0.717, 1.165) is 22.1 Å². The van der Waals surface area contributed by atoms with Crippen molar-refractivity contribution in [3.63, 3.8) is 0 Å². The summed E-state index contributed by atoms with van der Waals surface area (Å²) in [6.07, 6.45) is 1.02. The number of fused-ring (bicyclic) bond motifs is 1. The number of benzene rings is 2. The first-order valence-electron chi connectivity index (χ1n) is 10.7. The van der Waals surface area contributed by atoms with Crippen LogP contribution in [0.4, 0.5) is 0 Å². The first-order chi connectivity index (χ1) is 14.7. The summed E-state index contributed by atoms with van der Waals surface area (Å²) in [6.45, 7) is 8.91. The number of nitrogens with zero attached hydrogens (tertiary/aromatic N) is 1. The molecule has 160 valence electrons. The minimum atomic E-state index is -0.540. The Hall–Kier alpha value is -3.26. The Kier molecular flexibility index (Phi) is 5.26. The molecule has 1 aliphatic heterocycles. The quantitative estimate of drug-likeness (QED) is 0.728. The maximum absolute atomic E-state index is 13.2. The summed E-state index contributed by atoms with van der Waals surface area (Å²) < 4.78 is 11.9. The van der Waals surface area contributed by atoms with E-state index in [1.807, 2.05) is 50.2 Å². The molecule has 1 atom stereocenters. The molecule has 2 N–H and O–H groups in total. The number of Topliss-reactive ketones (excluding diaryl/α,β-unsaturated/α-hetero) is 1. The standard InChI is InChI=1S/C26H28N2O3/c1-15(2)14-30-21-10-9-18(16-7-5-6-8-17(16)21)23-19(13-27)25(28)31-22-12-26(3,4)11-20(29)24(22)23/h5-10,15,23H,11-12,14,28H2,1-4H3. The molecule has 1 aliphatic carbocycles. The zero-order valence-electron chi connectivity index (χ0n) is 18.5. The Labute approximate surface area is 183 Å². The monoisotopic (exact) mass is 416 g/mol. The summed E-state index contributed by atoms with van der Waals surface area (Å²) in [7, 11) is 0. The van der Waals surface area contributed by atoms with E-state index in [0.29, 0.717) is 36.7 Å². The van der Waals surface area contributed by atoms with E-state index in [1.165, 1.54) is 0 Å². The number of hydrogen-bond donors (Lipinski definition) is 1. The van der Waals surface area contributed by atoms with Gasteiger partial charge in [0.25, 0.3) is 0 Å². The van der Waals surface area contributed by atoms with Gasteiger partial charge in [0, 0.05) is 23.8 Å². The predicted octanol–water partition coefficient (Wildman–Crippen LogP) is 5.33. The second kappa shape index (κ2) is 7.77. The van der Waals surface area contributed by atoms with Crippen LogP contribution in [-0.2, 0) is 9.53 Å². The molecule has 0 saturated heterocycles. The Morgan fingerprint density at radius 1 is 1.19 bits per heavy atom. The lowest BCUT2D eigenvalue weighted by molar-refractivity contribution is -0.119. The summed E-state index contributed by atoms with van der Waals surface area (Å²) in [5, 5.41) is 11.8. The summed E-state index contributed by atoms with van der Waals surface area (Å²) in [5.41, 5.74) is 7.69. The first-order valence-corrected chi connectivity index (χ1v) is 10.7. The van der Waals surface area contributed by atoms with Crippen molar-refractivity contribution in [1.82, 2.24) is 0 Å². The average molecular weight is 417 g/mol. The molecule has 1 unspecified atom stereocenters. The van der Waals surface area contributed by atoms with Gasteiger partial charge in [0.2, 0.25) is 5.88 Å². The Balaban J connectivity index is 1.92. The zero-order chi connectivity index (χ0) is 22.3. The number of carbonyl (C=O) groups excluding carboxylic acids is 1. The van der Waals surface area contributed by atoms with Gasteiger partial charge in [0.15, 0.2) is 5.78 Å². The third kappa shape index (κ3) is 3.79. The normalized spacial score (nSPS) is 20.5. The summed E-state index contributed by atoms with van der Waals surface area (Å²) in [4.78, 5) is 13.2. The van der Waals surface area contributed by atoms with Gasteiger partial charge < -0.3 is 15.2 Å². The van der Waals surface area contributed by atoms with Crippen molar-refractivity contribution in [2.45, 2.75) is 46.5 Å². The van der Waals surface area contributed by atoms with Gasteiger partial charge in [0.05, 0.1) is 12.5 Å². The van der Waals surface area contributed by atoms with Gasteiger partial charge in [-0.1, -0.05) is 58.0 Å². The maximum atomic E-state index is 13.2. The SMILES string of the molecule is CC(C)COc1ccc(C2C(C#N)=C(N)OC3=C2C(=O)CC(C)(C)C3)c2ccccc12. The molecule has 4 rings (SSSR count). The number of rotatable bonds is 4. The van der Waals surface area contributed by atoms with Gasteiger partial charge >= 0.3 is 0 Å². The van der Waals surface area contributed by atoms with E-state index in [2.05, 4.69) is 19.9 Å². The molecular weight excluding hydrogens is 388 g/mol. The van der Waals surface area contributed by atoms with Gasteiger partial charge in [-0.2, -0.15) is 5.26 Å². The second-order valence-electron chi connectivity index (χ2n) is 9.61. The number of nitrogens with two attached hydrogens (primary N) is 1. The molecule has 0 amide bonds. The lowest BCUT2D eigenvalue weighted by Crippen LogP contribution is -2.33. The Morgan fingerprint density at radius 2 is 1.90 bits per heavy atom. The van der Waals surface area contributed by atoms with E-state index < -0.39 is 5.92 Å². The highest BCUT2D eigenvalue weighted by Gasteiger charge is 2.43. The van der Waals surface area contributed by atoms with E-state index in [-0.39, 0.29) is 22.7 Å². The predicted molar refractivity (Wildman–Crippen MR) is 120 cm³/mol. The minimum Gasteiger partial charge on any atom is -0.493 e. The lowest BCUT2D eigenvalue weighted by Gasteiger charge is -2.37. The summed E-state index contributed by atoms with van der Waals surface area (Å²) in [6, 6.07) is 14.0. The summed E-state index contributed by atoms with van der Waals surface area (Å²) >= 11 is 0. The highest BCUT2D eigenvalue weighted by Crippen LogP contribution is 2.49. The molecule has 0 spiro atoms. The van der Waals surface area contributed by atoms with Crippen LogP contribution >= 0.6 is 0 Å². The first kappa shape index (κ1) is 21.0. The van der Waals surface area contributed by atoms with Crippen molar-refractivity contribution in [2.75, 3.05) is 6.61 Å². The molecular formula is C26H28N2O3. The van der Waals surface area contributed by atoms with Crippen LogP contribution < -0.4 is 10.5 Å². The van der Waals surface area contributed by atoms with Gasteiger partial charge in [-0.15, -0.1) is 0 Å². The van der Waals surface area contributed by atoms with Crippen molar-refractivity contribution in [3.05, 3.63) is 64.8 Å². The smallest absolute Gasteiger partial charge is 0.205 e. The average Bonchev–Trinajstić information content (AvgIpc) is 2.70. The van der Waals surface area contributed by atoms with Crippen molar-refractivity contribution in [3.8, 4) is 11.8 Å². The number of ketones is 1. The van der Waals surface area contributed by atoms with E-state index in [1.54, 1.807) is 0 Å². The number of ether oxygens (including phenoxy) is 2. The van der Waals surface area contributed by atoms with Crippen LogP contribution in [0, 0.1) is 22.7 Å². The van der Waals surface area contributed by atoms with E-state index >= 15 is 0 Å². The molecule has 0 aromatic heterocycles. The molecule has 0 bridgehead atoms. The highest BCUT2D eigenvalue weighted by atomic mass is 16.5. The van der Waals surface area contributed by atoms with Crippen LogP contribution in [0.25, 0.3) is 10.8 Å². The molecule has 2 aromatic rings. The molecule has 2 aliphatic rings. The fourth-order valence-electron chi connectivity index (χ4n) is 4.52. The lowest BCUT2D eigenvalue weighted by atomic mass is 9.70. The van der Waals surface area contributed by atoms with Crippen LogP contribution in [0.15, 0.2) is 59.2 Å². The third-order valence-corrected chi connectivity index (χ3v) is 5.88. The second-order valence-corrected chi connectivity index (χ2v) is 9.61. The summed E-state index contributed by atoms with van der Waals surface area (Å²) in [5.74, 6) is 1.34. The van der Waals surface area contributed by atoms with Crippen molar-refractivity contribution in [2.24, 2.45) is 17.1 Å². The molecule has 0 radical (unpaired) electrons. The van der Waals surface area contributed by atoms with E-state index in [9.17, 15) is 10.1 Å². The van der Waals surface area contributed by atoms with E-state index in [4.69, 9.17) is 15.2 Å². The van der Waals surface area contributed by atoms with Crippen LogP contribution in [0.5, 0.6) is 5.75 Å². The molecule has 31 heavy (non-hydrogen) atoms. The van der Waals surface area contributed by atoms with Crippen molar-refractivity contribution < 1.29 is 14.3 Å². The van der Waals surface area contributed by atoms with Gasteiger partial charge in [-0.3, -0.25) is 4.79 Å². The number of nitriles is 1. The molecule has 1 heterocycles. The van der Waals surface area contributed by atoms with Crippen LogP contribution in [-0.4, -0.2) is 12.4 Å². The fourth-order valence-corrected chi connectivity index (χ4v) is 4.52. The largest absolute Gasteiger partial charge is 0.493 e. The topological polar surface area (TPSA) is 85.3 Å². The third-order valence-electron chi connectivity index (χ3n) is 5.88. The maximum Gasteiger partial charge on any atom is 0.205 e. The minimum absolute atomic E-state index is 0.0146. The molecule has 0 saturated carbocycles. The van der Waals surface area contributed by atoms with Gasteiger partial charge in [-0.25, -0.2) is 0 Å². The number of allylic oxidation sites excluding steroid dienone is 3. The van der Waals surface area contributed by atoms with Crippen LogP contribution in [0.1, 0.15) is 52.0 Å². The molecule has 0 fully saturated rings. The molecule has 2 aromatic carbocycles. The fraction of sp³-hybridized carbons (Fsp3) is 0.385. The van der Waals surface area contributed by atoms with Crippen LogP contribution in [0.2, 0.25) is 0 Å². The number of carbonyl (C=O) groups is 1. The number of hydrogen-bond acceptors (Lipinski definition) is 5. The zero-order valence-corrected chi connectivity index (χ0v) is 18.5. The highest BCUT2D eigenvalue weighted by molar-refractivity contribution is 6.02. The molecule has 5 heteroatoms. The van der Waals surface area contributed by atoms with Crippen molar-refractivity contribution >= 4 is 16.6 Å². The van der Waals surface area contributed by atoms with Gasteiger partial charge in [0.1, 0.15) is 23.2 Å². The van der Waals surface area contributed by atoms with Crippen LogP contribution in [0.3, 0.4) is 0 Å². The Morgan fingerprint density at radius 3 is 2.58 bits per heavy atom. The van der Waals surface area contributed by atoms with Gasteiger partial charge in [-0.05, 0) is 28.3 Å². The van der Waals surface area contributed by atoms with Crippen molar-refractivity contribution in [1.29, 1.82) is 5.26 Å². The Bertz CT molecular complexity index is 1160.